The molecule has 0 amide bonds. The SMILES string of the molecule is C#CCCC(=O)C1CCC(CC)CC1. The Bertz CT molecular complexity index is 216. The van der Waals surface area contributed by atoms with Crippen molar-refractivity contribution in [2.24, 2.45) is 11.8 Å². The minimum Gasteiger partial charge on any atom is -0.299 e. The Balaban J connectivity index is 2.27. The number of ketones is 1. The van der Waals surface area contributed by atoms with Crippen molar-refractivity contribution in [2.45, 2.75) is 51.9 Å². The first kappa shape index (κ1) is 11.3. The number of rotatable bonds is 4. The van der Waals surface area contributed by atoms with Crippen molar-refractivity contribution in [1.82, 2.24) is 0 Å². The van der Waals surface area contributed by atoms with Crippen LogP contribution in [-0.2, 0) is 4.79 Å². The number of carbonyl (C=O) groups is 1. The monoisotopic (exact) mass is 192 g/mol. The topological polar surface area (TPSA) is 17.1 Å². The Morgan fingerprint density at radius 3 is 2.50 bits per heavy atom. The van der Waals surface area contributed by atoms with E-state index in [2.05, 4.69) is 12.8 Å². The van der Waals surface area contributed by atoms with Crippen molar-refractivity contribution in [3.05, 3.63) is 0 Å². The summed E-state index contributed by atoms with van der Waals surface area (Å²) in [5.74, 6) is 4.13. The molecule has 0 N–H and O–H groups in total. The van der Waals surface area contributed by atoms with Crippen LogP contribution < -0.4 is 0 Å². The molecule has 0 aliphatic heterocycles. The quantitative estimate of drug-likeness (QED) is 0.625. The van der Waals surface area contributed by atoms with Gasteiger partial charge in [0.05, 0.1) is 0 Å². The van der Waals surface area contributed by atoms with Gasteiger partial charge in [-0.2, -0.15) is 0 Å². The maximum Gasteiger partial charge on any atom is 0.136 e. The van der Waals surface area contributed by atoms with Gasteiger partial charge in [-0.15, -0.1) is 12.3 Å². The summed E-state index contributed by atoms with van der Waals surface area (Å²) in [4.78, 5) is 11.7. The molecule has 0 bridgehead atoms. The van der Waals surface area contributed by atoms with Gasteiger partial charge in [0.2, 0.25) is 0 Å². The summed E-state index contributed by atoms with van der Waals surface area (Å²) in [7, 11) is 0. The molecule has 0 aromatic heterocycles. The van der Waals surface area contributed by atoms with Crippen LogP contribution in [0.2, 0.25) is 0 Å². The van der Waals surface area contributed by atoms with Crippen molar-refractivity contribution < 1.29 is 4.79 Å². The lowest BCUT2D eigenvalue weighted by atomic mass is 9.78. The fraction of sp³-hybridized carbons (Fsp3) is 0.769. The van der Waals surface area contributed by atoms with Crippen LogP contribution in [0.5, 0.6) is 0 Å². The predicted molar refractivity (Wildman–Crippen MR) is 58.8 cm³/mol. The molecule has 1 rings (SSSR count). The third-order valence-electron chi connectivity index (χ3n) is 3.40. The van der Waals surface area contributed by atoms with Crippen LogP contribution in [-0.4, -0.2) is 5.78 Å². The van der Waals surface area contributed by atoms with Gasteiger partial charge in [0.25, 0.3) is 0 Å². The van der Waals surface area contributed by atoms with E-state index in [0.29, 0.717) is 24.5 Å². The molecule has 1 saturated carbocycles. The van der Waals surface area contributed by atoms with E-state index in [1.807, 2.05) is 0 Å². The van der Waals surface area contributed by atoms with Gasteiger partial charge in [-0.05, 0) is 31.6 Å². The van der Waals surface area contributed by atoms with Crippen LogP contribution in [0.4, 0.5) is 0 Å². The van der Waals surface area contributed by atoms with Crippen LogP contribution in [0, 0.1) is 24.2 Å². The van der Waals surface area contributed by atoms with Gasteiger partial charge in [-0.25, -0.2) is 0 Å². The van der Waals surface area contributed by atoms with Crippen LogP contribution in [0.3, 0.4) is 0 Å². The van der Waals surface area contributed by atoms with E-state index in [9.17, 15) is 4.79 Å². The van der Waals surface area contributed by atoms with E-state index >= 15 is 0 Å². The lowest BCUT2D eigenvalue weighted by Gasteiger charge is -2.26. The number of terminal acetylenes is 1. The summed E-state index contributed by atoms with van der Waals surface area (Å²) in [6, 6.07) is 0. The van der Waals surface area contributed by atoms with Gasteiger partial charge in [0, 0.05) is 18.8 Å². The molecule has 0 spiro atoms. The Labute approximate surface area is 87.3 Å². The van der Waals surface area contributed by atoms with Crippen molar-refractivity contribution in [1.29, 1.82) is 0 Å². The third kappa shape index (κ3) is 3.18. The highest BCUT2D eigenvalue weighted by atomic mass is 16.1. The Morgan fingerprint density at radius 2 is 2.00 bits per heavy atom. The average molecular weight is 192 g/mol. The van der Waals surface area contributed by atoms with E-state index < -0.39 is 0 Å². The molecule has 0 radical (unpaired) electrons. The van der Waals surface area contributed by atoms with E-state index in [0.717, 1.165) is 18.8 Å². The Morgan fingerprint density at radius 1 is 1.36 bits per heavy atom. The van der Waals surface area contributed by atoms with E-state index in [4.69, 9.17) is 6.42 Å². The maximum atomic E-state index is 11.7. The number of hydrogen-bond acceptors (Lipinski definition) is 1. The molecular weight excluding hydrogens is 172 g/mol. The molecule has 1 fully saturated rings. The van der Waals surface area contributed by atoms with Gasteiger partial charge in [0.15, 0.2) is 0 Å². The lowest BCUT2D eigenvalue weighted by molar-refractivity contribution is -0.123. The van der Waals surface area contributed by atoms with Crippen LogP contribution >= 0.6 is 0 Å². The standard InChI is InChI=1S/C13H20O/c1-3-5-6-13(14)12-9-7-11(4-2)8-10-12/h1,11-12H,4-10H2,2H3. The number of carbonyl (C=O) groups excluding carboxylic acids is 1. The maximum absolute atomic E-state index is 11.7. The zero-order chi connectivity index (χ0) is 10.4. The van der Waals surface area contributed by atoms with Gasteiger partial charge < -0.3 is 0 Å². The summed E-state index contributed by atoms with van der Waals surface area (Å²) in [5.41, 5.74) is 0. The molecule has 0 unspecified atom stereocenters. The molecule has 14 heavy (non-hydrogen) atoms. The largest absolute Gasteiger partial charge is 0.299 e. The molecule has 0 heterocycles. The minimum absolute atomic E-state index is 0.325. The van der Waals surface area contributed by atoms with Gasteiger partial charge in [0.1, 0.15) is 5.78 Å². The molecule has 78 valence electrons. The Hall–Kier alpha value is -0.770. The molecule has 0 atom stereocenters. The molecule has 0 aromatic rings. The van der Waals surface area contributed by atoms with E-state index in [1.54, 1.807) is 0 Å². The molecule has 1 aliphatic carbocycles. The molecule has 0 saturated heterocycles. The molecular formula is C13H20O. The number of Topliss-reactive ketones (excluding diaryl/α,β-unsaturated/α-hetero) is 1. The summed E-state index contributed by atoms with van der Waals surface area (Å²) in [6.45, 7) is 2.24. The average Bonchev–Trinajstić information content (AvgIpc) is 2.26. The predicted octanol–water partition coefficient (Wildman–Crippen LogP) is 3.19. The summed E-state index contributed by atoms with van der Waals surface area (Å²) in [5, 5.41) is 0. The highest BCUT2D eigenvalue weighted by Gasteiger charge is 2.24. The van der Waals surface area contributed by atoms with Crippen LogP contribution in [0.15, 0.2) is 0 Å². The highest BCUT2D eigenvalue weighted by molar-refractivity contribution is 5.81. The zero-order valence-electron chi connectivity index (χ0n) is 9.09. The van der Waals surface area contributed by atoms with E-state index in [-0.39, 0.29) is 0 Å². The Kier molecular flexibility index (Phi) is 4.73. The molecule has 1 nitrogen and oxygen atoms in total. The third-order valence-corrected chi connectivity index (χ3v) is 3.40. The van der Waals surface area contributed by atoms with Gasteiger partial charge in [-0.1, -0.05) is 13.3 Å². The molecule has 1 heteroatoms. The number of hydrogen-bond donors (Lipinski definition) is 0. The van der Waals surface area contributed by atoms with Gasteiger partial charge in [-0.3, -0.25) is 4.79 Å². The van der Waals surface area contributed by atoms with Gasteiger partial charge >= 0.3 is 0 Å². The van der Waals surface area contributed by atoms with Crippen molar-refractivity contribution in [3.8, 4) is 12.3 Å². The van der Waals surface area contributed by atoms with Crippen LogP contribution in [0.1, 0.15) is 51.9 Å². The second kappa shape index (κ2) is 5.86. The lowest BCUT2D eigenvalue weighted by Crippen LogP contribution is -2.21. The highest BCUT2D eigenvalue weighted by Crippen LogP contribution is 2.31. The van der Waals surface area contributed by atoms with E-state index in [1.165, 1.54) is 19.3 Å². The molecule has 0 aromatic carbocycles. The van der Waals surface area contributed by atoms with Crippen molar-refractivity contribution in [3.63, 3.8) is 0 Å². The second-order valence-corrected chi connectivity index (χ2v) is 4.30. The fourth-order valence-corrected chi connectivity index (χ4v) is 2.29. The minimum atomic E-state index is 0.325. The molecule has 1 aliphatic rings. The summed E-state index contributed by atoms with van der Waals surface area (Å²) < 4.78 is 0. The van der Waals surface area contributed by atoms with Crippen molar-refractivity contribution in [2.75, 3.05) is 0 Å². The first-order valence-electron chi connectivity index (χ1n) is 5.74. The summed E-state index contributed by atoms with van der Waals surface area (Å²) >= 11 is 0. The van der Waals surface area contributed by atoms with Crippen molar-refractivity contribution >= 4 is 5.78 Å². The first-order chi connectivity index (χ1) is 6.77. The first-order valence-corrected chi connectivity index (χ1v) is 5.74. The zero-order valence-corrected chi connectivity index (χ0v) is 9.09. The van der Waals surface area contributed by atoms with Crippen LogP contribution in [0.25, 0.3) is 0 Å². The summed E-state index contributed by atoms with van der Waals surface area (Å²) in [6.07, 6.45) is 12.3. The fourth-order valence-electron chi connectivity index (χ4n) is 2.29. The smallest absolute Gasteiger partial charge is 0.136 e. The second-order valence-electron chi connectivity index (χ2n) is 4.30. The normalized spacial score (nSPS) is 26.9.